The van der Waals surface area contributed by atoms with Crippen molar-refractivity contribution in [2.45, 2.75) is 58.3 Å². The molecular formula is C26H26F4. The highest BCUT2D eigenvalue weighted by Crippen LogP contribution is 2.43. The smallest absolute Gasteiger partial charge is 0.167 e. The van der Waals surface area contributed by atoms with Gasteiger partial charge in [0.25, 0.3) is 0 Å². The second-order valence-corrected chi connectivity index (χ2v) is 8.64. The van der Waals surface area contributed by atoms with Crippen molar-refractivity contribution in [3.05, 3.63) is 82.0 Å². The standard InChI is InChI=1S/C26H26F4/c1-3-4-5-17-12-19-14-20-13-18(11-10-16-8-6-15(2)7-9-16)24(28)26(30)22(20)21(19)25(29)23(17)27/h3,8,12-13,15H,1,4-7,9-11,14H2,2H3. The van der Waals surface area contributed by atoms with Gasteiger partial charge in [0.2, 0.25) is 0 Å². The average Bonchev–Trinajstić information content (AvgIpc) is 3.10. The van der Waals surface area contributed by atoms with E-state index in [0.717, 1.165) is 19.3 Å². The molecule has 0 aliphatic heterocycles. The lowest BCUT2D eigenvalue weighted by molar-refractivity contribution is 0.489. The minimum Gasteiger partial charge on any atom is -0.203 e. The van der Waals surface area contributed by atoms with Gasteiger partial charge in [0.05, 0.1) is 0 Å². The Morgan fingerprint density at radius 1 is 0.900 bits per heavy atom. The molecule has 30 heavy (non-hydrogen) atoms. The summed E-state index contributed by atoms with van der Waals surface area (Å²) in [7, 11) is 0. The molecule has 0 aromatic heterocycles. The van der Waals surface area contributed by atoms with E-state index in [1.54, 1.807) is 18.2 Å². The van der Waals surface area contributed by atoms with Gasteiger partial charge in [-0.25, -0.2) is 17.6 Å². The van der Waals surface area contributed by atoms with Crippen molar-refractivity contribution < 1.29 is 17.6 Å². The van der Waals surface area contributed by atoms with Gasteiger partial charge in [0.15, 0.2) is 23.3 Å². The van der Waals surface area contributed by atoms with Gasteiger partial charge in [-0.15, -0.1) is 6.58 Å². The molecule has 2 aromatic rings. The lowest BCUT2D eigenvalue weighted by atomic mass is 9.88. The Hall–Kier alpha value is -2.36. The summed E-state index contributed by atoms with van der Waals surface area (Å²) in [5, 5.41) is 0. The van der Waals surface area contributed by atoms with E-state index in [9.17, 15) is 17.6 Å². The second-order valence-electron chi connectivity index (χ2n) is 8.64. The van der Waals surface area contributed by atoms with Crippen molar-refractivity contribution in [2.75, 3.05) is 0 Å². The molecule has 0 N–H and O–H groups in total. The number of rotatable bonds is 6. The largest absolute Gasteiger partial charge is 0.203 e. The first-order valence-corrected chi connectivity index (χ1v) is 10.7. The average molecular weight is 414 g/mol. The summed E-state index contributed by atoms with van der Waals surface area (Å²) in [6.07, 6.45) is 9.25. The van der Waals surface area contributed by atoms with Gasteiger partial charge in [0, 0.05) is 11.1 Å². The minimum absolute atomic E-state index is 0.122. The molecule has 0 fully saturated rings. The normalized spacial score (nSPS) is 17.5. The lowest BCUT2D eigenvalue weighted by Crippen LogP contribution is -2.04. The molecule has 4 heteroatoms. The van der Waals surface area contributed by atoms with Gasteiger partial charge in [-0.3, -0.25) is 0 Å². The fraction of sp³-hybridized carbons (Fsp3) is 0.385. The highest BCUT2D eigenvalue weighted by Gasteiger charge is 2.31. The molecule has 2 aliphatic carbocycles. The molecule has 0 radical (unpaired) electrons. The number of aryl methyl sites for hydroxylation is 2. The van der Waals surface area contributed by atoms with E-state index in [-0.39, 0.29) is 23.1 Å². The first-order valence-electron chi connectivity index (χ1n) is 10.7. The quantitative estimate of drug-likeness (QED) is 0.288. The Morgan fingerprint density at radius 3 is 2.03 bits per heavy atom. The van der Waals surface area contributed by atoms with E-state index in [0.29, 0.717) is 48.3 Å². The first-order chi connectivity index (χ1) is 14.4. The Balaban J connectivity index is 1.65. The molecule has 1 atom stereocenters. The third-order valence-corrected chi connectivity index (χ3v) is 6.46. The maximum Gasteiger partial charge on any atom is 0.167 e. The van der Waals surface area contributed by atoms with Gasteiger partial charge < -0.3 is 0 Å². The maximum absolute atomic E-state index is 15.0. The van der Waals surface area contributed by atoms with Crippen molar-refractivity contribution in [3.8, 4) is 11.1 Å². The fourth-order valence-electron chi connectivity index (χ4n) is 4.66. The molecule has 0 nitrogen and oxygen atoms in total. The summed E-state index contributed by atoms with van der Waals surface area (Å²) >= 11 is 0. The number of hydrogen-bond acceptors (Lipinski definition) is 0. The zero-order chi connectivity index (χ0) is 21.4. The summed E-state index contributed by atoms with van der Waals surface area (Å²) in [6, 6.07) is 3.22. The Labute approximate surface area is 175 Å². The van der Waals surface area contributed by atoms with Crippen LogP contribution < -0.4 is 0 Å². The van der Waals surface area contributed by atoms with Crippen molar-refractivity contribution >= 4 is 0 Å². The third kappa shape index (κ3) is 3.73. The van der Waals surface area contributed by atoms with E-state index >= 15 is 0 Å². The summed E-state index contributed by atoms with van der Waals surface area (Å²) < 4.78 is 59.1. The predicted octanol–water partition coefficient (Wildman–Crippen LogP) is 7.61. The highest BCUT2D eigenvalue weighted by molar-refractivity contribution is 5.79. The molecule has 0 saturated carbocycles. The van der Waals surface area contributed by atoms with Crippen LogP contribution in [0.3, 0.4) is 0 Å². The lowest BCUT2D eigenvalue weighted by Gasteiger charge is -2.18. The molecule has 4 rings (SSSR count). The van der Waals surface area contributed by atoms with Crippen LogP contribution in [0.2, 0.25) is 0 Å². The van der Waals surface area contributed by atoms with Crippen molar-refractivity contribution in [1.82, 2.24) is 0 Å². The zero-order valence-electron chi connectivity index (χ0n) is 17.3. The van der Waals surface area contributed by atoms with Crippen LogP contribution >= 0.6 is 0 Å². The van der Waals surface area contributed by atoms with E-state index in [1.807, 2.05) is 0 Å². The third-order valence-electron chi connectivity index (χ3n) is 6.46. The molecule has 0 amide bonds. The maximum atomic E-state index is 15.0. The molecule has 0 bridgehead atoms. The summed E-state index contributed by atoms with van der Waals surface area (Å²) in [5.41, 5.74) is 2.65. The monoisotopic (exact) mass is 414 g/mol. The van der Waals surface area contributed by atoms with Gasteiger partial charge in [-0.2, -0.15) is 0 Å². The van der Waals surface area contributed by atoms with E-state index in [1.165, 1.54) is 5.57 Å². The molecule has 1 unspecified atom stereocenters. The van der Waals surface area contributed by atoms with E-state index in [4.69, 9.17) is 0 Å². The van der Waals surface area contributed by atoms with E-state index in [2.05, 4.69) is 19.6 Å². The van der Waals surface area contributed by atoms with Crippen LogP contribution in [0.1, 0.15) is 61.3 Å². The fourth-order valence-corrected chi connectivity index (χ4v) is 4.66. The van der Waals surface area contributed by atoms with Crippen LogP contribution in [0.25, 0.3) is 11.1 Å². The van der Waals surface area contributed by atoms with Gasteiger partial charge >= 0.3 is 0 Å². The van der Waals surface area contributed by atoms with Crippen LogP contribution in [0.5, 0.6) is 0 Å². The number of allylic oxidation sites excluding steroid dienone is 3. The highest BCUT2D eigenvalue weighted by atomic mass is 19.2. The first kappa shape index (κ1) is 20.9. The van der Waals surface area contributed by atoms with Crippen molar-refractivity contribution in [3.63, 3.8) is 0 Å². The minimum atomic E-state index is -1.09. The Bertz CT molecular complexity index is 1030. The topological polar surface area (TPSA) is 0 Å². The Kier molecular flexibility index (Phi) is 5.86. The molecule has 158 valence electrons. The summed E-state index contributed by atoms with van der Waals surface area (Å²) in [4.78, 5) is 0. The summed E-state index contributed by atoms with van der Waals surface area (Å²) in [5.74, 6) is -3.40. The molecule has 0 saturated heterocycles. The zero-order valence-corrected chi connectivity index (χ0v) is 17.3. The van der Waals surface area contributed by atoms with Crippen LogP contribution in [-0.2, 0) is 19.3 Å². The molecule has 2 aromatic carbocycles. The SMILES string of the molecule is C=CCCc1cc2c(c(F)c1F)-c1c(cc(CCC3=CCC(C)CC3)c(F)c1F)C2. The molecular weight excluding hydrogens is 388 g/mol. The van der Waals surface area contributed by atoms with Crippen LogP contribution in [0.15, 0.2) is 36.4 Å². The molecule has 0 heterocycles. The number of fused-ring (bicyclic) bond motifs is 3. The van der Waals surface area contributed by atoms with Gasteiger partial charge in [0.1, 0.15) is 0 Å². The van der Waals surface area contributed by atoms with E-state index < -0.39 is 23.3 Å². The number of halogens is 4. The van der Waals surface area contributed by atoms with Crippen molar-refractivity contribution in [1.29, 1.82) is 0 Å². The number of benzene rings is 2. The number of hydrogen-bond donors (Lipinski definition) is 0. The summed E-state index contributed by atoms with van der Waals surface area (Å²) in [6.45, 7) is 5.82. The van der Waals surface area contributed by atoms with Gasteiger partial charge in [-0.05, 0) is 79.5 Å². The van der Waals surface area contributed by atoms with Crippen LogP contribution in [0, 0.1) is 29.2 Å². The molecule has 0 spiro atoms. The van der Waals surface area contributed by atoms with Crippen molar-refractivity contribution in [2.24, 2.45) is 5.92 Å². The molecule has 2 aliphatic rings. The Morgan fingerprint density at radius 2 is 1.50 bits per heavy atom. The van der Waals surface area contributed by atoms with Crippen LogP contribution in [0.4, 0.5) is 17.6 Å². The van der Waals surface area contributed by atoms with Gasteiger partial charge in [-0.1, -0.05) is 36.8 Å². The van der Waals surface area contributed by atoms with Crippen LogP contribution in [-0.4, -0.2) is 0 Å². The second kappa shape index (κ2) is 8.41. The predicted molar refractivity (Wildman–Crippen MR) is 112 cm³/mol.